The first-order valence-corrected chi connectivity index (χ1v) is 5.26. The normalized spacial score (nSPS) is 20.8. The molecule has 0 aromatic heterocycles. The SMILES string of the molecule is CC(C(=O)O)C(C)C(=O)N1CCNCC1. The zero-order valence-electron chi connectivity index (χ0n) is 9.19. The van der Waals surface area contributed by atoms with Gasteiger partial charge in [0.05, 0.1) is 5.92 Å². The van der Waals surface area contributed by atoms with E-state index in [2.05, 4.69) is 5.32 Å². The molecule has 1 rings (SSSR count). The number of rotatable bonds is 3. The zero-order chi connectivity index (χ0) is 11.4. The van der Waals surface area contributed by atoms with E-state index in [1.165, 1.54) is 0 Å². The van der Waals surface area contributed by atoms with Crippen LogP contribution in [0, 0.1) is 11.8 Å². The van der Waals surface area contributed by atoms with Crippen molar-refractivity contribution in [1.82, 2.24) is 10.2 Å². The summed E-state index contributed by atoms with van der Waals surface area (Å²) in [5, 5.41) is 12.0. The van der Waals surface area contributed by atoms with Crippen LogP contribution in [-0.2, 0) is 9.59 Å². The fourth-order valence-electron chi connectivity index (χ4n) is 1.60. The van der Waals surface area contributed by atoms with E-state index in [1.54, 1.807) is 18.7 Å². The molecule has 5 heteroatoms. The van der Waals surface area contributed by atoms with E-state index < -0.39 is 17.8 Å². The fourth-order valence-corrected chi connectivity index (χ4v) is 1.60. The highest BCUT2D eigenvalue weighted by Gasteiger charge is 2.29. The number of hydrogen-bond donors (Lipinski definition) is 2. The molecule has 0 saturated carbocycles. The largest absolute Gasteiger partial charge is 0.481 e. The van der Waals surface area contributed by atoms with Gasteiger partial charge in [0.2, 0.25) is 5.91 Å². The van der Waals surface area contributed by atoms with Crippen LogP contribution in [0.5, 0.6) is 0 Å². The zero-order valence-corrected chi connectivity index (χ0v) is 9.19. The van der Waals surface area contributed by atoms with Gasteiger partial charge in [-0.25, -0.2) is 0 Å². The van der Waals surface area contributed by atoms with E-state index in [0.717, 1.165) is 13.1 Å². The molecule has 1 saturated heterocycles. The first kappa shape index (κ1) is 12.0. The van der Waals surface area contributed by atoms with Gasteiger partial charge in [0.15, 0.2) is 0 Å². The van der Waals surface area contributed by atoms with Crippen LogP contribution in [0.2, 0.25) is 0 Å². The number of nitrogens with zero attached hydrogens (tertiary/aromatic N) is 1. The molecule has 2 N–H and O–H groups in total. The predicted molar refractivity (Wildman–Crippen MR) is 55.4 cm³/mol. The second-order valence-electron chi connectivity index (χ2n) is 3.99. The second-order valence-corrected chi connectivity index (χ2v) is 3.99. The van der Waals surface area contributed by atoms with Crippen LogP contribution in [0.4, 0.5) is 0 Å². The predicted octanol–water partition coefficient (Wildman–Crippen LogP) is -0.225. The molecule has 0 aliphatic carbocycles. The third-order valence-electron chi connectivity index (χ3n) is 2.96. The van der Waals surface area contributed by atoms with Gasteiger partial charge in [0, 0.05) is 32.1 Å². The summed E-state index contributed by atoms with van der Waals surface area (Å²) in [5.41, 5.74) is 0. The molecule has 0 aromatic rings. The first-order chi connectivity index (χ1) is 7.04. The van der Waals surface area contributed by atoms with Crippen molar-refractivity contribution in [2.45, 2.75) is 13.8 Å². The summed E-state index contributed by atoms with van der Waals surface area (Å²) in [6.45, 7) is 6.20. The molecule has 2 unspecified atom stereocenters. The standard InChI is InChI=1S/C10H18N2O3/c1-7(8(2)10(14)15)9(13)12-5-3-11-4-6-12/h7-8,11H,3-6H2,1-2H3,(H,14,15). The highest BCUT2D eigenvalue weighted by molar-refractivity contribution is 5.84. The maximum atomic E-state index is 11.9. The smallest absolute Gasteiger partial charge is 0.307 e. The van der Waals surface area contributed by atoms with Gasteiger partial charge in [0.25, 0.3) is 0 Å². The Bertz CT molecular complexity index is 249. The summed E-state index contributed by atoms with van der Waals surface area (Å²) in [6.07, 6.45) is 0. The number of piperazine rings is 1. The van der Waals surface area contributed by atoms with Crippen molar-refractivity contribution >= 4 is 11.9 Å². The van der Waals surface area contributed by atoms with E-state index in [4.69, 9.17) is 5.11 Å². The highest BCUT2D eigenvalue weighted by Crippen LogP contribution is 2.14. The van der Waals surface area contributed by atoms with Crippen molar-refractivity contribution in [2.24, 2.45) is 11.8 Å². The minimum absolute atomic E-state index is 0.0496. The summed E-state index contributed by atoms with van der Waals surface area (Å²) in [5.74, 6) is -2.02. The van der Waals surface area contributed by atoms with Gasteiger partial charge in [-0.2, -0.15) is 0 Å². The van der Waals surface area contributed by atoms with Crippen molar-refractivity contribution in [3.63, 3.8) is 0 Å². The fraction of sp³-hybridized carbons (Fsp3) is 0.800. The molecule has 1 fully saturated rings. The lowest BCUT2D eigenvalue weighted by Crippen LogP contribution is -2.49. The summed E-state index contributed by atoms with van der Waals surface area (Å²) in [6, 6.07) is 0. The Morgan fingerprint density at radius 2 is 1.73 bits per heavy atom. The highest BCUT2D eigenvalue weighted by atomic mass is 16.4. The Morgan fingerprint density at radius 3 is 2.20 bits per heavy atom. The number of carboxylic acid groups (broad SMARTS) is 1. The molecule has 15 heavy (non-hydrogen) atoms. The number of carboxylic acids is 1. The number of hydrogen-bond acceptors (Lipinski definition) is 3. The minimum atomic E-state index is -0.911. The number of amides is 1. The average Bonchev–Trinajstić information content (AvgIpc) is 2.27. The average molecular weight is 214 g/mol. The summed E-state index contributed by atoms with van der Waals surface area (Å²) >= 11 is 0. The van der Waals surface area contributed by atoms with Gasteiger partial charge in [-0.1, -0.05) is 13.8 Å². The van der Waals surface area contributed by atoms with Gasteiger partial charge in [0.1, 0.15) is 0 Å². The molecular weight excluding hydrogens is 196 g/mol. The van der Waals surface area contributed by atoms with Gasteiger partial charge in [-0.15, -0.1) is 0 Å². The Hall–Kier alpha value is -1.10. The van der Waals surface area contributed by atoms with Crippen molar-refractivity contribution in [3.8, 4) is 0 Å². The number of carbonyl (C=O) groups excluding carboxylic acids is 1. The summed E-state index contributed by atoms with van der Waals surface area (Å²) in [4.78, 5) is 24.4. The third kappa shape index (κ3) is 2.92. The van der Waals surface area contributed by atoms with E-state index >= 15 is 0 Å². The Balaban J connectivity index is 2.54. The van der Waals surface area contributed by atoms with Gasteiger partial charge >= 0.3 is 5.97 Å². The minimum Gasteiger partial charge on any atom is -0.481 e. The Morgan fingerprint density at radius 1 is 1.20 bits per heavy atom. The summed E-state index contributed by atoms with van der Waals surface area (Å²) in [7, 11) is 0. The number of nitrogens with one attached hydrogen (secondary N) is 1. The number of carbonyl (C=O) groups is 2. The Kier molecular flexibility index (Phi) is 4.08. The lowest BCUT2D eigenvalue weighted by molar-refractivity contribution is -0.149. The quantitative estimate of drug-likeness (QED) is 0.681. The molecule has 1 aliphatic rings. The molecule has 0 radical (unpaired) electrons. The van der Waals surface area contributed by atoms with Crippen LogP contribution >= 0.6 is 0 Å². The van der Waals surface area contributed by atoms with Crippen molar-refractivity contribution < 1.29 is 14.7 Å². The van der Waals surface area contributed by atoms with Crippen molar-refractivity contribution in [3.05, 3.63) is 0 Å². The first-order valence-electron chi connectivity index (χ1n) is 5.26. The van der Waals surface area contributed by atoms with Gasteiger partial charge in [-0.3, -0.25) is 9.59 Å². The molecule has 0 spiro atoms. The van der Waals surface area contributed by atoms with E-state index in [1.807, 2.05) is 0 Å². The molecule has 1 aliphatic heterocycles. The summed E-state index contributed by atoms with van der Waals surface area (Å²) < 4.78 is 0. The van der Waals surface area contributed by atoms with E-state index in [-0.39, 0.29) is 5.91 Å². The van der Waals surface area contributed by atoms with Crippen molar-refractivity contribution in [1.29, 1.82) is 0 Å². The second kappa shape index (κ2) is 5.11. The molecule has 1 heterocycles. The van der Waals surface area contributed by atoms with Crippen LogP contribution in [0.15, 0.2) is 0 Å². The van der Waals surface area contributed by atoms with E-state index in [0.29, 0.717) is 13.1 Å². The van der Waals surface area contributed by atoms with E-state index in [9.17, 15) is 9.59 Å². The molecule has 2 atom stereocenters. The van der Waals surface area contributed by atoms with Crippen LogP contribution in [0.3, 0.4) is 0 Å². The van der Waals surface area contributed by atoms with Gasteiger partial charge in [-0.05, 0) is 0 Å². The van der Waals surface area contributed by atoms with Crippen LogP contribution in [0.1, 0.15) is 13.8 Å². The van der Waals surface area contributed by atoms with Crippen LogP contribution < -0.4 is 5.32 Å². The third-order valence-corrected chi connectivity index (χ3v) is 2.96. The molecular formula is C10H18N2O3. The van der Waals surface area contributed by atoms with Gasteiger partial charge < -0.3 is 15.3 Å². The Labute approximate surface area is 89.4 Å². The molecule has 0 aromatic carbocycles. The molecule has 5 nitrogen and oxygen atoms in total. The maximum Gasteiger partial charge on any atom is 0.307 e. The van der Waals surface area contributed by atoms with Crippen LogP contribution in [0.25, 0.3) is 0 Å². The molecule has 1 amide bonds. The monoisotopic (exact) mass is 214 g/mol. The lowest BCUT2D eigenvalue weighted by Gasteiger charge is -2.30. The van der Waals surface area contributed by atoms with Crippen LogP contribution in [-0.4, -0.2) is 48.1 Å². The molecule has 0 bridgehead atoms. The topological polar surface area (TPSA) is 69.6 Å². The van der Waals surface area contributed by atoms with Crippen molar-refractivity contribution in [2.75, 3.05) is 26.2 Å². The maximum absolute atomic E-state index is 11.9. The number of aliphatic carboxylic acids is 1. The lowest BCUT2D eigenvalue weighted by atomic mass is 9.94. The molecule has 86 valence electrons.